The fraction of sp³-hybridized carbons (Fsp3) is 0.154. The molecule has 0 radical (unpaired) electrons. The van der Waals surface area contributed by atoms with Crippen LogP contribution < -0.4 is 0 Å². The highest BCUT2D eigenvalue weighted by atomic mass is 32.2. The smallest absolute Gasteiger partial charge is 0.253 e. The number of hydrogen-bond acceptors (Lipinski definition) is 6. The molecule has 0 aliphatic heterocycles. The minimum atomic E-state index is 0.245. The lowest BCUT2D eigenvalue weighted by atomic mass is 10.3. The first kappa shape index (κ1) is 12.9. The SMILES string of the molecule is COCc1cc(Sc2ccc(O)cc2)n2ncnc2n1. The number of rotatable bonds is 4. The van der Waals surface area contributed by atoms with Crippen LogP contribution in [0.25, 0.3) is 5.78 Å². The van der Waals surface area contributed by atoms with E-state index >= 15 is 0 Å². The lowest BCUT2D eigenvalue weighted by molar-refractivity contribution is 0.181. The van der Waals surface area contributed by atoms with Gasteiger partial charge in [-0.2, -0.15) is 14.6 Å². The van der Waals surface area contributed by atoms with Gasteiger partial charge in [-0.25, -0.2) is 4.98 Å². The van der Waals surface area contributed by atoms with E-state index in [-0.39, 0.29) is 5.75 Å². The van der Waals surface area contributed by atoms with Crippen LogP contribution in [0.1, 0.15) is 5.69 Å². The average molecular weight is 288 g/mol. The second-order valence-corrected chi connectivity index (χ2v) is 5.18. The fourth-order valence-corrected chi connectivity index (χ4v) is 2.68. The van der Waals surface area contributed by atoms with E-state index in [0.717, 1.165) is 15.6 Å². The molecule has 0 aliphatic carbocycles. The van der Waals surface area contributed by atoms with Crippen LogP contribution in [0.2, 0.25) is 0 Å². The summed E-state index contributed by atoms with van der Waals surface area (Å²) in [4.78, 5) is 9.46. The van der Waals surface area contributed by atoms with Crippen LogP contribution in [0.3, 0.4) is 0 Å². The van der Waals surface area contributed by atoms with Crippen molar-refractivity contribution in [1.82, 2.24) is 19.6 Å². The maximum atomic E-state index is 9.31. The third-order valence-corrected chi connectivity index (χ3v) is 3.63. The van der Waals surface area contributed by atoms with Gasteiger partial charge < -0.3 is 9.84 Å². The minimum absolute atomic E-state index is 0.245. The Hall–Kier alpha value is -2.12. The van der Waals surface area contributed by atoms with E-state index in [9.17, 15) is 5.11 Å². The number of aromatic nitrogens is 4. The Morgan fingerprint density at radius 1 is 1.30 bits per heavy atom. The number of benzene rings is 1. The van der Waals surface area contributed by atoms with Crippen LogP contribution in [-0.2, 0) is 11.3 Å². The summed E-state index contributed by atoms with van der Waals surface area (Å²) >= 11 is 1.52. The van der Waals surface area contributed by atoms with Gasteiger partial charge in [0.15, 0.2) is 0 Å². The van der Waals surface area contributed by atoms with Gasteiger partial charge >= 0.3 is 0 Å². The molecule has 0 saturated carbocycles. The van der Waals surface area contributed by atoms with Gasteiger partial charge in [0.2, 0.25) is 0 Å². The standard InChI is InChI=1S/C13H12N4O2S/c1-19-7-9-6-12(17-13(16-9)14-8-15-17)20-11-4-2-10(18)3-5-11/h2-6,8,18H,7H2,1H3. The van der Waals surface area contributed by atoms with Gasteiger partial charge in [-0.1, -0.05) is 11.8 Å². The number of methoxy groups -OCH3 is 1. The van der Waals surface area contributed by atoms with E-state index in [1.165, 1.54) is 18.1 Å². The van der Waals surface area contributed by atoms with Gasteiger partial charge in [-0.3, -0.25) is 0 Å². The fourth-order valence-electron chi connectivity index (χ4n) is 1.76. The number of phenols is 1. The summed E-state index contributed by atoms with van der Waals surface area (Å²) in [5.74, 6) is 0.788. The molecule has 6 nitrogen and oxygen atoms in total. The van der Waals surface area contributed by atoms with Gasteiger partial charge in [0.25, 0.3) is 5.78 Å². The summed E-state index contributed by atoms with van der Waals surface area (Å²) in [7, 11) is 1.63. The van der Waals surface area contributed by atoms with Crippen molar-refractivity contribution in [3.8, 4) is 5.75 Å². The van der Waals surface area contributed by atoms with E-state index < -0.39 is 0 Å². The summed E-state index contributed by atoms with van der Waals surface area (Å²) in [5.41, 5.74) is 0.800. The monoisotopic (exact) mass is 288 g/mol. The normalized spacial score (nSPS) is 11.1. The molecular formula is C13H12N4O2S. The number of nitrogens with zero attached hydrogens (tertiary/aromatic N) is 4. The largest absolute Gasteiger partial charge is 0.508 e. The maximum absolute atomic E-state index is 9.31. The van der Waals surface area contributed by atoms with E-state index in [4.69, 9.17) is 4.74 Å². The van der Waals surface area contributed by atoms with Crippen molar-refractivity contribution < 1.29 is 9.84 Å². The highest BCUT2D eigenvalue weighted by Gasteiger charge is 2.09. The number of phenolic OH excluding ortho intramolecular Hbond substituents is 1. The molecular weight excluding hydrogens is 276 g/mol. The highest BCUT2D eigenvalue weighted by molar-refractivity contribution is 7.99. The Balaban J connectivity index is 2.00. The molecule has 0 unspecified atom stereocenters. The van der Waals surface area contributed by atoms with Crippen molar-refractivity contribution in [3.05, 3.63) is 42.4 Å². The molecule has 0 amide bonds. The minimum Gasteiger partial charge on any atom is -0.508 e. The lowest BCUT2D eigenvalue weighted by Gasteiger charge is -2.06. The van der Waals surface area contributed by atoms with Crippen molar-refractivity contribution in [2.75, 3.05) is 7.11 Å². The molecule has 3 rings (SSSR count). The molecule has 2 heterocycles. The molecule has 0 bridgehead atoms. The van der Waals surface area contributed by atoms with Crippen LogP contribution in [0, 0.1) is 0 Å². The van der Waals surface area contributed by atoms with Crippen LogP contribution in [0.15, 0.2) is 46.6 Å². The van der Waals surface area contributed by atoms with E-state index in [2.05, 4.69) is 15.1 Å². The Morgan fingerprint density at radius 3 is 2.85 bits per heavy atom. The number of aromatic hydroxyl groups is 1. The summed E-state index contributed by atoms with van der Waals surface area (Å²) in [6.45, 7) is 0.423. The first-order valence-corrected chi connectivity index (χ1v) is 6.73. The summed E-state index contributed by atoms with van der Waals surface area (Å²) in [6, 6.07) is 8.91. The average Bonchev–Trinajstić information content (AvgIpc) is 2.90. The Kier molecular flexibility index (Phi) is 3.53. The lowest BCUT2D eigenvalue weighted by Crippen LogP contribution is -2.00. The second kappa shape index (κ2) is 5.48. The molecule has 0 spiro atoms. The Morgan fingerprint density at radius 2 is 2.10 bits per heavy atom. The van der Waals surface area contributed by atoms with Crippen molar-refractivity contribution in [1.29, 1.82) is 0 Å². The van der Waals surface area contributed by atoms with E-state index in [1.54, 1.807) is 23.8 Å². The third-order valence-electron chi connectivity index (χ3n) is 2.62. The molecule has 0 fully saturated rings. The maximum Gasteiger partial charge on any atom is 0.253 e. The molecule has 0 atom stereocenters. The first-order valence-electron chi connectivity index (χ1n) is 5.92. The molecule has 7 heteroatoms. The van der Waals surface area contributed by atoms with Crippen LogP contribution >= 0.6 is 11.8 Å². The predicted molar refractivity (Wildman–Crippen MR) is 73.7 cm³/mol. The summed E-state index contributed by atoms with van der Waals surface area (Å²) in [6.07, 6.45) is 1.47. The molecule has 0 aliphatic rings. The molecule has 3 aromatic rings. The first-order chi connectivity index (χ1) is 9.76. The van der Waals surface area contributed by atoms with Gasteiger partial charge in [-0.05, 0) is 30.3 Å². The summed E-state index contributed by atoms with van der Waals surface area (Å²) < 4.78 is 6.79. The van der Waals surface area contributed by atoms with Crippen molar-refractivity contribution in [3.63, 3.8) is 0 Å². The van der Waals surface area contributed by atoms with Crippen LogP contribution in [0.5, 0.6) is 5.75 Å². The van der Waals surface area contributed by atoms with Gasteiger partial charge in [0, 0.05) is 12.0 Å². The van der Waals surface area contributed by atoms with Gasteiger partial charge in [0.1, 0.15) is 17.1 Å². The topological polar surface area (TPSA) is 72.5 Å². The predicted octanol–water partition coefficient (Wildman–Crippen LogP) is 2.13. The third kappa shape index (κ3) is 2.59. The molecule has 1 aromatic carbocycles. The van der Waals surface area contributed by atoms with Gasteiger partial charge in [0.05, 0.1) is 12.3 Å². The quantitative estimate of drug-likeness (QED) is 0.741. The van der Waals surface area contributed by atoms with E-state index in [0.29, 0.717) is 12.4 Å². The molecule has 102 valence electrons. The highest BCUT2D eigenvalue weighted by Crippen LogP contribution is 2.29. The summed E-state index contributed by atoms with van der Waals surface area (Å²) in [5, 5.41) is 14.4. The van der Waals surface area contributed by atoms with Gasteiger partial charge in [-0.15, -0.1) is 0 Å². The van der Waals surface area contributed by atoms with Crippen LogP contribution in [0.4, 0.5) is 0 Å². The zero-order chi connectivity index (χ0) is 13.9. The zero-order valence-electron chi connectivity index (χ0n) is 10.7. The molecule has 0 saturated heterocycles. The van der Waals surface area contributed by atoms with Crippen molar-refractivity contribution in [2.45, 2.75) is 16.5 Å². The van der Waals surface area contributed by atoms with E-state index in [1.807, 2.05) is 18.2 Å². The van der Waals surface area contributed by atoms with Crippen molar-refractivity contribution >= 4 is 17.5 Å². The number of fused-ring (bicyclic) bond motifs is 1. The molecule has 2 aromatic heterocycles. The van der Waals surface area contributed by atoms with Crippen LogP contribution in [-0.4, -0.2) is 31.8 Å². The van der Waals surface area contributed by atoms with Crippen molar-refractivity contribution in [2.24, 2.45) is 0 Å². The molecule has 20 heavy (non-hydrogen) atoms. The number of ether oxygens (including phenoxy) is 1. The Bertz CT molecular complexity index is 727. The Labute approximate surface area is 119 Å². The number of hydrogen-bond donors (Lipinski definition) is 1. The zero-order valence-corrected chi connectivity index (χ0v) is 11.5. The second-order valence-electron chi connectivity index (χ2n) is 4.09. The molecule has 1 N–H and O–H groups in total.